The first kappa shape index (κ1) is 15.9. The van der Waals surface area contributed by atoms with Crippen molar-refractivity contribution in [2.45, 2.75) is 17.0 Å². The summed E-state index contributed by atoms with van der Waals surface area (Å²) in [4.78, 5) is 0. The topological polar surface area (TPSA) is 40.5 Å². The minimum Gasteiger partial charge on any atom is -0.392 e. The summed E-state index contributed by atoms with van der Waals surface area (Å²) in [6, 6.07) is 0. The van der Waals surface area contributed by atoms with Gasteiger partial charge in [-0.25, -0.2) is 0 Å². The van der Waals surface area contributed by atoms with Gasteiger partial charge in [0.25, 0.3) is 0 Å². The third-order valence-corrected chi connectivity index (χ3v) is 4.07. The van der Waals surface area contributed by atoms with E-state index in [1.807, 2.05) is 0 Å². The zero-order valence-corrected chi connectivity index (χ0v) is 12.6. The van der Waals surface area contributed by atoms with E-state index in [0.29, 0.717) is 0 Å². The first-order valence-corrected chi connectivity index (χ1v) is 6.49. The second-order valence-electron chi connectivity index (χ2n) is 3.09. The van der Waals surface area contributed by atoms with Gasteiger partial charge in [0.1, 0.15) is 0 Å². The van der Waals surface area contributed by atoms with Crippen molar-refractivity contribution in [3.8, 4) is 0 Å². The van der Waals surface area contributed by atoms with Crippen LogP contribution in [-0.2, 0) is 17.0 Å². The van der Waals surface area contributed by atoms with Crippen LogP contribution in [0, 0.1) is 0 Å². The maximum Gasteiger partial charge on any atom is 0.217 e. The van der Waals surface area contributed by atoms with Crippen molar-refractivity contribution in [1.29, 1.82) is 0 Å². The lowest BCUT2D eigenvalue weighted by Gasteiger charge is -2.22. The van der Waals surface area contributed by atoms with Gasteiger partial charge in [0.2, 0.25) is 3.79 Å². The summed E-state index contributed by atoms with van der Waals surface area (Å²) in [5, 5.41) is 18.4. The van der Waals surface area contributed by atoms with Crippen molar-refractivity contribution in [1.82, 2.24) is 0 Å². The molecule has 2 N–H and O–H groups in total. The van der Waals surface area contributed by atoms with Crippen LogP contribution in [0.1, 0.15) is 16.7 Å². The summed E-state index contributed by atoms with van der Waals surface area (Å²) in [5.74, 6) is 0. The molecule has 96 valence electrons. The Kier molecular flexibility index (Phi) is 5.52. The predicted octanol–water partition coefficient (Wildman–Crippen LogP) is 4.46. The van der Waals surface area contributed by atoms with Crippen LogP contribution < -0.4 is 0 Å². The van der Waals surface area contributed by atoms with Gasteiger partial charge in [-0.2, -0.15) is 0 Å². The highest BCUT2D eigenvalue weighted by molar-refractivity contribution is 6.67. The highest BCUT2D eigenvalue weighted by Crippen LogP contribution is 2.49. The number of hydrogen-bond acceptors (Lipinski definition) is 2. The van der Waals surface area contributed by atoms with Crippen molar-refractivity contribution in [2.75, 3.05) is 0 Å². The van der Waals surface area contributed by atoms with Crippen LogP contribution in [0.4, 0.5) is 0 Å². The summed E-state index contributed by atoms with van der Waals surface area (Å²) < 4.78 is -1.88. The van der Waals surface area contributed by atoms with Gasteiger partial charge in [0.05, 0.1) is 28.3 Å². The molecule has 0 unspecified atom stereocenters. The Labute approximate surface area is 128 Å². The monoisotopic (exact) mass is 356 g/mol. The molecular formula is C9H6Cl6O2. The molecule has 2 nitrogen and oxygen atoms in total. The molecule has 0 aliphatic carbocycles. The largest absolute Gasteiger partial charge is 0.392 e. The van der Waals surface area contributed by atoms with Crippen molar-refractivity contribution >= 4 is 69.6 Å². The normalized spacial score (nSPS) is 12.0. The van der Waals surface area contributed by atoms with Crippen molar-refractivity contribution < 1.29 is 10.2 Å². The van der Waals surface area contributed by atoms with Gasteiger partial charge in [-0.3, -0.25) is 0 Å². The third kappa shape index (κ3) is 3.07. The number of aliphatic hydroxyl groups is 2. The SMILES string of the molecule is OCc1c(Cl)c(Cl)c(Cl)c(C(Cl)(Cl)Cl)c1CO. The van der Waals surface area contributed by atoms with Crippen LogP contribution in [0.3, 0.4) is 0 Å². The maximum atomic E-state index is 9.29. The van der Waals surface area contributed by atoms with E-state index in [1.54, 1.807) is 0 Å². The Hall–Kier alpha value is 0.880. The van der Waals surface area contributed by atoms with Crippen molar-refractivity contribution in [3.05, 3.63) is 31.8 Å². The summed E-state index contributed by atoms with van der Waals surface area (Å²) in [6.07, 6.45) is 0. The summed E-state index contributed by atoms with van der Waals surface area (Å²) >= 11 is 34.9. The number of halogens is 6. The summed E-state index contributed by atoms with van der Waals surface area (Å²) in [5.41, 5.74) is 0.363. The minimum absolute atomic E-state index is 0.0186. The molecule has 17 heavy (non-hydrogen) atoms. The highest BCUT2D eigenvalue weighted by atomic mass is 35.6. The second-order valence-corrected chi connectivity index (χ2v) is 6.50. The van der Waals surface area contributed by atoms with Crippen LogP contribution in [0.5, 0.6) is 0 Å². The quantitative estimate of drug-likeness (QED) is 0.605. The molecule has 8 heteroatoms. The van der Waals surface area contributed by atoms with Gasteiger partial charge >= 0.3 is 0 Å². The number of hydrogen-bond donors (Lipinski definition) is 2. The standard InChI is InChI=1S/C9H6Cl6O2/c10-6-4(2-17)3(1-16)5(9(13,14)15)7(11)8(6)12/h16-17H,1-2H2. The number of rotatable bonds is 2. The fourth-order valence-electron chi connectivity index (χ4n) is 1.39. The van der Waals surface area contributed by atoms with Gasteiger partial charge in [0.15, 0.2) is 0 Å². The molecule has 0 aliphatic heterocycles. The molecular weight excluding hydrogens is 353 g/mol. The molecule has 1 aromatic rings. The smallest absolute Gasteiger partial charge is 0.217 e. The molecule has 0 fully saturated rings. The van der Waals surface area contributed by atoms with E-state index in [0.717, 1.165) is 0 Å². The Morgan fingerprint density at radius 1 is 0.765 bits per heavy atom. The van der Waals surface area contributed by atoms with Gasteiger partial charge in [-0.05, 0) is 5.56 Å². The molecule has 0 spiro atoms. The molecule has 0 aliphatic rings. The Morgan fingerprint density at radius 2 is 1.24 bits per heavy atom. The van der Waals surface area contributed by atoms with E-state index in [2.05, 4.69) is 0 Å². The Balaban J connectivity index is 3.75. The lowest BCUT2D eigenvalue weighted by Crippen LogP contribution is -2.11. The van der Waals surface area contributed by atoms with E-state index in [1.165, 1.54) is 0 Å². The molecule has 1 aromatic carbocycles. The van der Waals surface area contributed by atoms with Crippen LogP contribution in [0.25, 0.3) is 0 Å². The van der Waals surface area contributed by atoms with Gasteiger partial charge in [-0.1, -0.05) is 69.6 Å². The molecule has 0 amide bonds. The zero-order valence-electron chi connectivity index (χ0n) is 8.08. The van der Waals surface area contributed by atoms with E-state index < -0.39 is 17.0 Å². The third-order valence-electron chi connectivity index (χ3n) is 2.14. The first-order chi connectivity index (χ1) is 7.75. The minimum atomic E-state index is -1.88. The van der Waals surface area contributed by atoms with Crippen LogP contribution in [0.15, 0.2) is 0 Å². The number of aliphatic hydroxyl groups excluding tert-OH is 2. The van der Waals surface area contributed by atoms with Crippen molar-refractivity contribution in [3.63, 3.8) is 0 Å². The van der Waals surface area contributed by atoms with Crippen LogP contribution >= 0.6 is 69.6 Å². The molecule has 1 rings (SSSR count). The van der Waals surface area contributed by atoms with Gasteiger partial charge in [-0.15, -0.1) is 0 Å². The first-order valence-electron chi connectivity index (χ1n) is 4.22. The maximum absolute atomic E-state index is 9.29. The number of alkyl halides is 3. The number of benzene rings is 1. The lowest BCUT2D eigenvalue weighted by molar-refractivity contribution is 0.259. The average Bonchev–Trinajstić information content (AvgIpc) is 2.23. The zero-order chi connectivity index (χ0) is 13.4. The van der Waals surface area contributed by atoms with E-state index in [-0.39, 0.29) is 31.8 Å². The lowest BCUT2D eigenvalue weighted by atomic mass is 10.0. The average molecular weight is 359 g/mol. The highest BCUT2D eigenvalue weighted by Gasteiger charge is 2.33. The molecule has 0 atom stereocenters. The molecule has 0 radical (unpaired) electrons. The second kappa shape index (κ2) is 5.89. The van der Waals surface area contributed by atoms with Gasteiger partial charge < -0.3 is 10.2 Å². The van der Waals surface area contributed by atoms with E-state index in [4.69, 9.17) is 69.6 Å². The molecule has 0 saturated heterocycles. The molecule has 0 aromatic heterocycles. The van der Waals surface area contributed by atoms with E-state index in [9.17, 15) is 10.2 Å². The molecule has 0 saturated carbocycles. The Bertz CT molecular complexity index is 440. The fraction of sp³-hybridized carbons (Fsp3) is 0.333. The van der Waals surface area contributed by atoms with Gasteiger partial charge in [0, 0.05) is 11.1 Å². The van der Waals surface area contributed by atoms with Crippen molar-refractivity contribution in [2.24, 2.45) is 0 Å². The predicted molar refractivity (Wildman–Crippen MR) is 72.6 cm³/mol. The summed E-state index contributed by atoms with van der Waals surface area (Å²) in [6.45, 7) is -0.949. The summed E-state index contributed by atoms with van der Waals surface area (Å²) in [7, 11) is 0. The van der Waals surface area contributed by atoms with E-state index >= 15 is 0 Å². The Morgan fingerprint density at radius 3 is 1.59 bits per heavy atom. The van der Waals surface area contributed by atoms with Crippen LogP contribution in [0.2, 0.25) is 15.1 Å². The molecule has 0 bridgehead atoms. The molecule has 0 heterocycles. The van der Waals surface area contributed by atoms with Crippen LogP contribution in [-0.4, -0.2) is 10.2 Å². The fourth-order valence-corrected chi connectivity index (χ4v) is 3.04.